The monoisotopic (exact) mass is 324 g/mol. The average Bonchev–Trinajstić information content (AvgIpc) is 2.55. The van der Waals surface area contributed by atoms with Gasteiger partial charge in [-0.3, -0.25) is 9.69 Å². The number of fused-ring (bicyclic) bond motifs is 1. The van der Waals surface area contributed by atoms with E-state index in [2.05, 4.69) is 4.74 Å². The first-order chi connectivity index (χ1) is 11.1. The Morgan fingerprint density at radius 3 is 2.61 bits per heavy atom. The van der Waals surface area contributed by atoms with Crippen LogP contribution in [0.3, 0.4) is 0 Å². The number of anilines is 2. The second-order valence-corrected chi connectivity index (χ2v) is 4.86. The highest BCUT2D eigenvalue weighted by molar-refractivity contribution is 6.04. The number of hydrogen-bond donors (Lipinski definition) is 2. The fourth-order valence-electron chi connectivity index (χ4n) is 2.35. The Morgan fingerprint density at radius 2 is 1.96 bits per heavy atom. The average molecular weight is 324 g/mol. The lowest BCUT2D eigenvalue weighted by Crippen LogP contribution is -2.54. The molecule has 0 radical (unpaired) electrons. The molecule has 0 saturated carbocycles. The molecule has 8 heteroatoms. The van der Waals surface area contributed by atoms with Gasteiger partial charge in [-0.2, -0.15) is 0 Å². The molecule has 1 aliphatic rings. The first-order valence-corrected chi connectivity index (χ1v) is 7.35. The van der Waals surface area contributed by atoms with Gasteiger partial charge in [-0.15, -0.1) is 0 Å². The van der Waals surface area contributed by atoms with Crippen molar-refractivity contribution in [1.82, 2.24) is 0 Å². The molecule has 0 aromatic heterocycles. The summed E-state index contributed by atoms with van der Waals surface area (Å²) >= 11 is 0. The number of carbonyl (C=O) groups is 2. The van der Waals surface area contributed by atoms with Crippen LogP contribution in [-0.4, -0.2) is 55.0 Å². The van der Waals surface area contributed by atoms with Crippen molar-refractivity contribution in [2.45, 2.75) is 19.6 Å². The van der Waals surface area contributed by atoms with Gasteiger partial charge >= 0.3 is 6.16 Å². The van der Waals surface area contributed by atoms with Crippen molar-refractivity contribution in [1.29, 1.82) is 0 Å². The van der Waals surface area contributed by atoms with Crippen LogP contribution in [0.2, 0.25) is 0 Å². The van der Waals surface area contributed by atoms with Crippen LogP contribution >= 0.6 is 0 Å². The highest BCUT2D eigenvalue weighted by Crippen LogP contribution is 2.35. The standard InChI is InChI=1S/C15H20N2O6/c1-2-22-15(21)23-10-17-12-7-4-3-6-11(12)16(8-5-9-18)13(19)14(17)20/h3-4,6-7,13,18-19H,2,5,8-10H2,1H3. The summed E-state index contributed by atoms with van der Waals surface area (Å²) in [5, 5.41) is 19.2. The minimum Gasteiger partial charge on any atom is -0.435 e. The van der Waals surface area contributed by atoms with Crippen LogP contribution < -0.4 is 9.80 Å². The van der Waals surface area contributed by atoms with Crippen LogP contribution in [0.5, 0.6) is 0 Å². The maximum absolute atomic E-state index is 12.4. The van der Waals surface area contributed by atoms with E-state index in [1.165, 1.54) is 9.80 Å². The lowest BCUT2D eigenvalue weighted by Gasteiger charge is -2.40. The molecular weight excluding hydrogens is 304 g/mol. The summed E-state index contributed by atoms with van der Waals surface area (Å²) < 4.78 is 9.55. The summed E-state index contributed by atoms with van der Waals surface area (Å²) in [6.45, 7) is 1.74. The van der Waals surface area contributed by atoms with Crippen LogP contribution in [-0.2, 0) is 14.3 Å². The first-order valence-electron chi connectivity index (χ1n) is 7.35. The number of nitrogens with zero attached hydrogens (tertiary/aromatic N) is 2. The zero-order chi connectivity index (χ0) is 16.8. The highest BCUT2D eigenvalue weighted by atomic mass is 16.7. The van der Waals surface area contributed by atoms with Crippen LogP contribution in [0.25, 0.3) is 0 Å². The predicted molar refractivity (Wildman–Crippen MR) is 82.0 cm³/mol. The Balaban J connectivity index is 2.22. The summed E-state index contributed by atoms with van der Waals surface area (Å²) in [7, 11) is 0. The number of carbonyl (C=O) groups excluding carboxylic acids is 2. The third kappa shape index (κ3) is 3.72. The number of benzene rings is 1. The third-order valence-corrected chi connectivity index (χ3v) is 3.39. The molecule has 1 aromatic carbocycles. The van der Waals surface area contributed by atoms with Crippen molar-refractivity contribution < 1.29 is 29.3 Å². The topological polar surface area (TPSA) is 99.5 Å². The number of aliphatic hydroxyl groups excluding tert-OH is 2. The number of ether oxygens (including phenoxy) is 2. The molecule has 23 heavy (non-hydrogen) atoms. The zero-order valence-corrected chi connectivity index (χ0v) is 12.8. The van der Waals surface area contributed by atoms with E-state index in [0.29, 0.717) is 24.3 Å². The molecule has 1 aromatic rings. The second kappa shape index (κ2) is 7.80. The number of hydrogen-bond acceptors (Lipinski definition) is 7. The molecule has 1 aliphatic heterocycles. The molecule has 0 spiro atoms. The van der Waals surface area contributed by atoms with Crippen LogP contribution in [0.1, 0.15) is 13.3 Å². The number of para-hydroxylation sites is 2. The van der Waals surface area contributed by atoms with Crippen LogP contribution in [0.4, 0.5) is 16.2 Å². The maximum Gasteiger partial charge on any atom is 0.510 e. The molecule has 8 nitrogen and oxygen atoms in total. The van der Waals surface area contributed by atoms with Gasteiger partial charge in [0, 0.05) is 13.2 Å². The molecule has 0 fully saturated rings. The smallest absolute Gasteiger partial charge is 0.435 e. The fourth-order valence-corrected chi connectivity index (χ4v) is 2.35. The van der Waals surface area contributed by atoms with E-state index < -0.39 is 18.3 Å². The number of aliphatic hydroxyl groups is 2. The Morgan fingerprint density at radius 1 is 1.26 bits per heavy atom. The van der Waals surface area contributed by atoms with Gasteiger partial charge in [-0.1, -0.05) is 12.1 Å². The van der Waals surface area contributed by atoms with Crippen LogP contribution in [0.15, 0.2) is 24.3 Å². The Labute approximate surface area is 133 Å². The number of amides is 1. The van der Waals surface area contributed by atoms with E-state index in [9.17, 15) is 14.7 Å². The van der Waals surface area contributed by atoms with Gasteiger partial charge < -0.3 is 24.6 Å². The lowest BCUT2D eigenvalue weighted by atomic mass is 10.1. The van der Waals surface area contributed by atoms with E-state index in [4.69, 9.17) is 9.84 Å². The van der Waals surface area contributed by atoms with E-state index >= 15 is 0 Å². The highest BCUT2D eigenvalue weighted by Gasteiger charge is 2.37. The fraction of sp³-hybridized carbons (Fsp3) is 0.467. The van der Waals surface area contributed by atoms with Crippen molar-refractivity contribution in [3.8, 4) is 0 Å². The van der Waals surface area contributed by atoms with Crippen molar-refractivity contribution in [2.75, 3.05) is 36.3 Å². The summed E-state index contributed by atoms with van der Waals surface area (Å²) in [6, 6.07) is 6.96. The molecule has 1 heterocycles. The zero-order valence-electron chi connectivity index (χ0n) is 12.8. The molecule has 1 unspecified atom stereocenters. The van der Waals surface area contributed by atoms with E-state index in [0.717, 1.165) is 0 Å². The second-order valence-electron chi connectivity index (χ2n) is 4.86. The van der Waals surface area contributed by atoms with Gasteiger partial charge in [0.2, 0.25) is 6.23 Å². The molecule has 0 bridgehead atoms. The first kappa shape index (κ1) is 17.0. The van der Waals surface area contributed by atoms with Gasteiger partial charge in [0.05, 0.1) is 18.0 Å². The van der Waals surface area contributed by atoms with Gasteiger partial charge in [-0.25, -0.2) is 4.79 Å². The summed E-state index contributed by atoms with van der Waals surface area (Å²) in [6.07, 6.45) is -1.87. The minimum atomic E-state index is -1.40. The van der Waals surface area contributed by atoms with Gasteiger partial charge in [-0.05, 0) is 25.5 Å². The van der Waals surface area contributed by atoms with Crippen molar-refractivity contribution >= 4 is 23.4 Å². The normalized spacial score (nSPS) is 17.0. The van der Waals surface area contributed by atoms with E-state index in [1.54, 1.807) is 31.2 Å². The molecule has 0 aliphatic carbocycles. The molecule has 2 N–H and O–H groups in total. The third-order valence-electron chi connectivity index (χ3n) is 3.39. The van der Waals surface area contributed by atoms with Crippen molar-refractivity contribution in [3.05, 3.63) is 24.3 Å². The molecule has 0 saturated heterocycles. The molecular formula is C15H20N2O6. The Hall–Kier alpha value is -2.32. The van der Waals surface area contributed by atoms with Crippen molar-refractivity contribution in [3.63, 3.8) is 0 Å². The molecule has 2 rings (SSSR count). The van der Waals surface area contributed by atoms with Gasteiger partial charge in [0.15, 0.2) is 6.73 Å². The maximum atomic E-state index is 12.4. The Kier molecular flexibility index (Phi) is 5.78. The molecule has 126 valence electrons. The SMILES string of the molecule is CCOC(=O)OCN1C(=O)C(O)N(CCCO)c2ccccc21. The minimum absolute atomic E-state index is 0.0464. The number of rotatable bonds is 6. The predicted octanol–water partition coefficient (Wildman–Crippen LogP) is 0.671. The van der Waals surface area contributed by atoms with Crippen LogP contribution in [0, 0.1) is 0 Å². The summed E-state index contributed by atoms with van der Waals surface area (Å²) in [5.41, 5.74) is 1.14. The lowest BCUT2D eigenvalue weighted by molar-refractivity contribution is -0.128. The van der Waals surface area contributed by atoms with Gasteiger partial charge in [0.25, 0.3) is 5.91 Å². The van der Waals surface area contributed by atoms with Gasteiger partial charge in [0.1, 0.15) is 0 Å². The van der Waals surface area contributed by atoms with Crippen molar-refractivity contribution in [2.24, 2.45) is 0 Å². The Bertz CT molecular complexity index is 565. The van der Waals surface area contributed by atoms with E-state index in [1.807, 2.05) is 0 Å². The molecule has 1 amide bonds. The van der Waals surface area contributed by atoms with E-state index in [-0.39, 0.29) is 19.9 Å². The summed E-state index contributed by atoms with van der Waals surface area (Å²) in [5.74, 6) is -0.606. The largest absolute Gasteiger partial charge is 0.510 e. The molecule has 1 atom stereocenters. The summed E-state index contributed by atoms with van der Waals surface area (Å²) in [4.78, 5) is 26.4. The quantitative estimate of drug-likeness (QED) is 0.742.